The summed E-state index contributed by atoms with van der Waals surface area (Å²) < 4.78 is 5.35. The Morgan fingerprint density at radius 2 is 1.89 bits per heavy atom. The first-order valence-corrected chi connectivity index (χ1v) is 6.75. The molecule has 0 aromatic heterocycles. The molecule has 2 aliphatic rings. The Morgan fingerprint density at radius 1 is 1.22 bits per heavy atom. The Morgan fingerprint density at radius 3 is 2.44 bits per heavy atom. The fourth-order valence-corrected chi connectivity index (χ4v) is 3.04. The summed E-state index contributed by atoms with van der Waals surface area (Å²) in [5.74, 6) is -0.984. The fourth-order valence-electron chi connectivity index (χ4n) is 3.04. The maximum absolute atomic E-state index is 12.4. The quantitative estimate of drug-likeness (QED) is 0.828. The van der Waals surface area contributed by atoms with Gasteiger partial charge >= 0.3 is 5.97 Å². The third-order valence-corrected chi connectivity index (χ3v) is 4.08. The van der Waals surface area contributed by atoms with Crippen LogP contribution in [0.1, 0.15) is 46.0 Å². The molecule has 102 valence electrons. The SMILES string of the molecule is CCC1CCC(C)N1C(=O)C1CCC(C(=O)O)O1. The number of carboxylic acid groups (broad SMARTS) is 1. The van der Waals surface area contributed by atoms with Crippen molar-refractivity contribution in [2.75, 3.05) is 0 Å². The van der Waals surface area contributed by atoms with Crippen LogP contribution in [-0.2, 0) is 14.3 Å². The van der Waals surface area contributed by atoms with Crippen molar-refractivity contribution in [3.63, 3.8) is 0 Å². The van der Waals surface area contributed by atoms with Crippen LogP contribution in [0.2, 0.25) is 0 Å². The summed E-state index contributed by atoms with van der Waals surface area (Å²) in [6, 6.07) is 0.537. The third-order valence-electron chi connectivity index (χ3n) is 4.08. The molecule has 2 heterocycles. The van der Waals surface area contributed by atoms with E-state index in [2.05, 4.69) is 13.8 Å². The van der Waals surface area contributed by atoms with Gasteiger partial charge in [0.15, 0.2) is 6.10 Å². The highest BCUT2D eigenvalue weighted by Gasteiger charge is 2.41. The van der Waals surface area contributed by atoms with Crippen molar-refractivity contribution in [2.45, 2.75) is 70.2 Å². The number of rotatable bonds is 3. The first-order chi connectivity index (χ1) is 8.54. The van der Waals surface area contributed by atoms with Crippen LogP contribution in [0.5, 0.6) is 0 Å². The molecule has 2 aliphatic heterocycles. The molecule has 0 saturated carbocycles. The molecule has 0 bridgehead atoms. The summed E-state index contributed by atoms with van der Waals surface area (Å²) in [5.41, 5.74) is 0. The second-order valence-corrected chi connectivity index (χ2v) is 5.26. The molecular weight excluding hydrogens is 234 g/mol. The number of carbonyl (C=O) groups is 2. The van der Waals surface area contributed by atoms with E-state index in [4.69, 9.17) is 9.84 Å². The van der Waals surface area contributed by atoms with Crippen LogP contribution < -0.4 is 0 Å². The predicted octanol–water partition coefficient (Wildman–Crippen LogP) is 1.41. The van der Waals surface area contributed by atoms with E-state index in [9.17, 15) is 9.59 Å². The van der Waals surface area contributed by atoms with E-state index < -0.39 is 18.2 Å². The number of hydrogen-bond donors (Lipinski definition) is 1. The second-order valence-electron chi connectivity index (χ2n) is 5.26. The van der Waals surface area contributed by atoms with Crippen LogP contribution in [0.4, 0.5) is 0 Å². The topological polar surface area (TPSA) is 66.8 Å². The summed E-state index contributed by atoms with van der Waals surface area (Å²) in [6.45, 7) is 4.13. The summed E-state index contributed by atoms with van der Waals surface area (Å²) in [4.78, 5) is 25.1. The van der Waals surface area contributed by atoms with Crippen molar-refractivity contribution in [2.24, 2.45) is 0 Å². The van der Waals surface area contributed by atoms with Gasteiger partial charge in [0, 0.05) is 12.1 Å². The van der Waals surface area contributed by atoms with E-state index in [1.807, 2.05) is 4.90 Å². The Hall–Kier alpha value is -1.10. The van der Waals surface area contributed by atoms with Crippen molar-refractivity contribution < 1.29 is 19.4 Å². The highest BCUT2D eigenvalue weighted by molar-refractivity contribution is 5.83. The molecule has 5 nitrogen and oxygen atoms in total. The maximum Gasteiger partial charge on any atom is 0.332 e. The average Bonchev–Trinajstić information content (AvgIpc) is 2.94. The van der Waals surface area contributed by atoms with Gasteiger partial charge in [-0.25, -0.2) is 4.79 Å². The number of amides is 1. The molecule has 2 fully saturated rings. The van der Waals surface area contributed by atoms with Crippen LogP contribution >= 0.6 is 0 Å². The lowest BCUT2D eigenvalue weighted by molar-refractivity contribution is -0.155. The van der Waals surface area contributed by atoms with E-state index in [1.54, 1.807) is 0 Å². The molecule has 0 aromatic carbocycles. The van der Waals surface area contributed by atoms with Crippen molar-refractivity contribution in [3.8, 4) is 0 Å². The van der Waals surface area contributed by atoms with Gasteiger partial charge in [-0.3, -0.25) is 4.79 Å². The van der Waals surface area contributed by atoms with Gasteiger partial charge in [0.25, 0.3) is 5.91 Å². The van der Waals surface area contributed by atoms with E-state index >= 15 is 0 Å². The van der Waals surface area contributed by atoms with Crippen molar-refractivity contribution in [1.29, 1.82) is 0 Å². The van der Waals surface area contributed by atoms with Crippen molar-refractivity contribution >= 4 is 11.9 Å². The standard InChI is InChI=1S/C13H21NO4/c1-3-9-5-4-8(2)14(9)12(15)10-6-7-11(18-10)13(16)17/h8-11H,3-7H2,1-2H3,(H,16,17). The number of hydrogen-bond acceptors (Lipinski definition) is 3. The molecular formula is C13H21NO4. The minimum atomic E-state index is -0.966. The summed E-state index contributed by atoms with van der Waals surface area (Å²) in [6.07, 6.45) is 2.61. The molecule has 18 heavy (non-hydrogen) atoms. The fraction of sp³-hybridized carbons (Fsp3) is 0.846. The van der Waals surface area contributed by atoms with Crippen LogP contribution in [0.15, 0.2) is 0 Å². The Balaban J connectivity index is 2.01. The molecule has 0 spiro atoms. The summed E-state index contributed by atoms with van der Waals surface area (Å²) >= 11 is 0. The van der Waals surface area contributed by atoms with Crippen LogP contribution in [0.25, 0.3) is 0 Å². The van der Waals surface area contributed by atoms with Gasteiger partial charge in [0.1, 0.15) is 6.10 Å². The van der Waals surface area contributed by atoms with E-state index in [1.165, 1.54) is 0 Å². The van der Waals surface area contributed by atoms with Gasteiger partial charge in [-0.2, -0.15) is 0 Å². The van der Waals surface area contributed by atoms with Gasteiger partial charge in [0.05, 0.1) is 0 Å². The van der Waals surface area contributed by atoms with E-state index in [0.29, 0.717) is 18.9 Å². The Labute approximate surface area is 107 Å². The zero-order valence-electron chi connectivity index (χ0n) is 11.0. The number of carbonyl (C=O) groups excluding carboxylic acids is 1. The number of carboxylic acids is 1. The van der Waals surface area contributed by atoms with Gasteiger partial charge in [-0.05, 0) is 39.0 Å². The Kier molecular flexibility index (Phi) is 3.90. The smallest absolute Gasteiger partial charge is 0.332 e. The normalized spacial score (nSPS) is 36.0. The average molecular weight is 255 g/mol. The Bertz CT molecular complexity index is 344. The van der Waals surface area contributed by atoms with E-state index in [0.717, 1.165) is 19.3 Å². The zero-order chi connectivity index (χ0) is 13.3. The molecule has 2 saturated heterocycles. The molecule has 4 unspecified atom stereocenters. The summed E-state index contributed by atoms with van der Waals surface area (Å²) in [7, 11) is 0. The highest BCUT2D eigenvalue weighted by Crippen LogP contribution is 2.30. The summed E-state index contributed by atoms with van der Waals surface area (Å²) in [5, 5.41) is 8.88. The minimum absolute atomic E-state index is 0.0180. The predicted molar refractivity (Wildman–Crippen MR) is 65.2 cm³/mol. The van der Waals surface area contributed by atoms with Crippen molar-refractivity contribution in [3.05, 3.63) is 0 Å². The number of ether oxygens (including phenoxy) is 1. The molecule has 0 aliphatic carbocycles. The van der Waals surface area contributed by atoms with Crippen molar-refractivity contribution in [1.82, 2.24) is 4.90 Å². The second kappa shape index (κ2) is 5.26. The lowest BCUT2D eigenvalue weighted by Crippen LogP contribution is -2.45. The molecule has 0 aromatic rings. The molecule has 5 heteroatoms. The van der Waals surface area contributed by atoms with Gasteiger partial charge < -0.3 is 14.7 Å². The van der Waals surface area contributed by atoms with Gasteiger partial charge in [-0.15, -0.1) is 0 Å². The molecule has 0 radical (unpaired) electrons. The van der Waals surface area contributed by atoms with Crippen LogP contribution in [-0.4, -0.2) is 46.2 Å². The lowest BCUT2D eigenvalue weighted by Gasteiger charge is -2.30. The van der Waals surface area contributed by atoms with Gasteiger partial charge in [-0.1, -0.05) is 6.92 Å². The van der Waals surface area contributed by atoms with Crippen LogP contribution in [0, 0.1) is 0 Å². The third kappa shape index (κ3) is 2.36. The van der Waals surface area contributed by atoms with Crippen LogP contribution in [0.3, 0.4) is 0 Å². The van der Waals surface area contributed by atoms with E-state index in [-0.39, 0.29) is 11.9 Å². The molecule has 1 amide bonds. The molecule has 4 atom stereocenters. The first kappa shape index (κ1) is 13.3. The minimum Gasteiger partial charge on any atom is -0.479 e. The molecule has 2 rings (SSSR count). The highest BCUT2D eigenvalue weighted by atomic mass is 16.5. The zero-order valence-corrected chi connectivity index (χ0v) is 11.0. The number of aliphatic carboxylic acids is 1. The number of nitrogens with zero attached hydrogens (tertiary/aromatic N) is 1. The first-order valence-electron chi connectivity index (χ1n) is 6.75. The number of likely N-dealkylation sites (tertiary alicyclic amines) is 1. The largest absolute Gasteiger partial charge is 0.479 e. The molecule has 1 N–H and O–H groups in total. The maximum atomic E-state index is 12.4. The lowest BCUT2D eigenvalue weighted by atomic mass is 10.1. The van der Waals surface area contributed by atoms with Gasteiger partial charge in [0.2, 0.25) is 0 Å². The monoisotopic (exact) mass is 255 g/mol.